The molecule has 0 aliphatic heterocycles. The van der Waals surface area contributed by atoms with E-state index in [2.05, 4.69) is 31.2 Å². The monoisotopic (exact) mass is 299 g/mol. The number of hydrogen-bond acceptors (Lipinski definition) is 3. The summed E-state index contributed by atoms with van der Waals surface area (Å²) in [6.45, 7) is 8.92. The van der Waals surface area contributed by atoms with Crippen molar-refractivity contribution < 1.29 is 4.74 Å². The van der Waals surface area contributed by atoms with E-state index in [9.17, 15) is 0 Å². The molecule has 0 radical (unpaired) electrons. The number of hydrogen-bond donors (Lipinski definition) is 1. The molecule has 1 fully saturated rings. The van der Waals surface area contributed by atoms with Crippen molar-refractivity contribution >= 4 is 11.6 Å². The van der Waals surface area contributed by atoms with Gasteiger partial charge in [-0.3, -0.25) is 4.68 Å². The number of aryl methyl sites for hydroxylation is 1. The summed E-state index contributed by atoms with van der Waals surface area (Å²) < 4.78 is 7.65. The molecule has 1 aromatic heterocycles. The van der Waals surface area contributed by atoms with E-state index in [1.54, 1.807) is 6.20 Å². The third-order valence-corrected chi connectivity index (χ3v) is 4.37. The summed E-state index contributed by atoms with van der Waals surface area (Å²) in [5.74, 6) is 0.729. The highest BCUT2D eigenvalue weighted by Crippen LogP contribution is 2.38. The van der Waals surface area contributed by atoms with E-state index in [4.69, 9.17) is 16.3 Å². The van der Waals surface area contributed by atoms with Crippen molar-refractivity contribution in [3.05, 3.63) is 16.9 Å². The van der Waals surface area contributed by atoms with E-state index in [0.29, 0.717) is 12.1 Å². The van der Waals surface area contributed by atoms with Crippen LogP contribution in [0.1, 0.15) is 51.8 Å². The summed E-state index contributed by atoms with van der Waals surface area (Å²) in [5, 5.41) is 8.69. The Morgan fingerprint density at radius 3 is 2.80 bits per heavy atom. The normalized spacial score (nSPS) is 23.6. The molecule has 4 nitrogen and oxygen atoms in total. The number of nitrogens with zero attached hydrogens (tertiary/aromatic N) is 2. The lowest BCUT2D eigenvalue weighted by molar-refractivity contribution is -0.0293. The van der Waals surface area contributed by atoms with Crippen LogP contribution in [0.4, 0.5) is 0 Å². The Hall–Kier alpha value is -0.580. The fourth-order valence-electron chi connectivity index (χ4n) is 3.08. The summed E-state index contributed by atoms with van der Waals surface area (Å²) in [4.78, 5) is 0. The number of aromatic nitrogens is 2. The zero-order chi connectivity index (χ0) is 14.5. The van der Waals surface area contributed by atoms with Crippen molar-refractivity contribution in [1.82, 2.24) is 15.1 Å². The number of ether oxygens (including phenoxy) is 1. The highest BCUT2D eigenvalue weighted by atomic mass is 35.5. The molecule has 20 heavy (non-hydrogen) atoms. The molecule has 0 amide bonds. The van der Waals surface area contributed by atoms with E-state index < -0.39 is 0 Å². The Labute approximate surface area is 126 Å². The number of halogens is 1. The van der Waals surface area contributed by atoms with Crippen molar-refractivity contribution in [2.75, 3.05) is 13.2 Å². The summed E-state index contributed by atoms with van der Waals surface area (Å²) in [6.07, 6.45) is 5.69. The minimum atomic E-state index is 0.294. The number of rotatable bonds is 8. The van der Waals surface area contributed by atoms with Crippen LogP contribution in [-0.4, -0.2) is 29.0 Å². The Balaban J connectivity index is 1.99. The van der Waals surface area contributed by atoms with Crippen LogP contribution in [-0.2, 0) is 11.3 Å². The van der Waals surface area contributed by atoms with Crippen LogP contribution in [0.5, 0.6) is 0 Å². The van der Waals surface area contributed by atoms with Crippen LogP contribution < -0.4 is 5.32 Å². The number of nitrogens with one attached hydrogen (secondary N) is 1. The van der Waals surface area contributed by atoms with Crippen LogP contribution in [0.15, 0.2) is 6.20 Å². The Kier molecular flexibility index (Phi) is 5.87. The lowest BCUT2D eigenvalue weighted by atomic mass is 9.77. The van der Waals surface area contributed by atoms with Gasteiger partial charge in [0.2, 0.25) is 0 Å². The molecule has 1 atom stereocenters. The average molecular weight is 300 g/mol. The van der Waals surface area contributed by atoms with E-state index in [1.807, 2.05) is 4.68 Å². The zero-order valence-electron chi connectivity index (χ0n) is 12.7. The highest BCUT2D eigenvalue weighted by molar-refractivity contribution is 6.31. The second-order valence-corrected chi connectivity index (χ2v) is 5.86. The Morgan fingerprint density at radius 1 is 1.45 bits per heavy atom. The van der Waals surface area contributed by atoms with Gasteiger partial charge in [-0.25, -0.2) is 0 Å². The van der Waals surface area contributed by atoms with Gasteiger partial charge in [0.05, 0.1) is 29.1 Å². The van der Waals surface area contributed by atoms with Crippen molar-refractivity contribution in [3.8, 4) is 0 Å². The van der Waals surface area contributed by atoms with Gasteiger partial charge in [-0.15, -0.1) is 0 Å². The van der Waals surface area contributed by atoms with Crippen LogP contribution >= 0.6 is 11.6 Å². The quantitative estimate of drug-likeness (QED) is 0.799. The molecule has 1 aromatic rings. The molecular weight excluding hydrogens is 274 g/mol. The van der Waals surface area contributed by atoms with E-state index in [1.165, 1.54) is 12.8 Å². The van der Waals surface area contributed by atoms with Gasteiger partial charge in [-0.1, -0.05) is 18.5 Å². The molecule has 1 heterocycles. The second kappa shape index (κ2) is 7.43. The van der Waals surface area contributed by atoms with Crippen molar-refractivity contribution in [1.29, 1.82) is 0 Å². The maximum atomic E-state index is 6.33. The first-order valence-corrected chi connectivity index (χ1v) is 8.13. The van der Waals surface area contributed by atoms with Gasteiger partial charge in [-0.2, -0.15) is 5.10 Å². The van der Waals surface area contributed by atoms with E-state index in [-0.39, 0.29) is 0 Å². The zero-order valence-corrected chi connectivity index (χ0v) is 13.5. The molecule has 114 valence electrons. The van der Waals surface area contributed by atoms with Crippen LogP contribution in [0.3, 0.4) is 0 Å². The fourth-order valence-corrected chi connectivity index (χ4v) is 3.35. The SMILES string of the molecule is CCNC(CC1CC(OCC)C1)c1c(Cl)cnn1CC. The molecule has 1 saturated carbocycles. The van der Waals surface area contributed by atoms with Crippen LogP contribution in [0, 0.1) is 5.92 Å². The predicted octanol–water partition coefficient (Wildman–Crippen LogP) is 3.41. The molecular formula is C15H26ClN3O. The van der Waals surface area contributed by atoms with Gasteiger partial charge in [-0.05, 0) is 45.6 Å². The molecule has 0 aromatic carbocycles. The van der Waals surface area contributed by atoms with Gasteiger partial charge in [0, 0.05) is 13.2 Å². The lowest BCUT2D eigenvalue weighted by Crippen LogP contribution is -2.35. The first-order chi connectivity index (χ1) is 9.69. The van der Waals surface area contributed by atoms with Crippen molar-refractivity contribution in [3.63, 3.8) is 0 Å². The third kappa shape index (κ3) is 3.54. The molecule has 1 aliphatic rings. The van der Waals surface area contributed by atoms with E-state index >= 15 is 0 Å². The first-order valence-electron chi connectivity index (χ1n) is 7.75. The van der Waals surface area contributed by atoms with Gasteiger partial charge < -0.3 is 10.1 Å². The minimum Gasteiger partial charge on any atom is -0.378 e. The van der Waals surface area contributed by atoms with Crippen LogP contribution in [0.2, 0.25) is 5.02 Å². The molecule has 1 aliphatic carbocycles. The maximum absolute atomic E-state index is 6.33. The molecule has 0 bridgehead atoms. The lowest BCUT2D eigenvalue weighted by Gasteiger charge is -2.37. The second-order valence-electron chi connectivity index (χ2n) is 5.45. The van der Waals surface area contributed by atoms with Crippen molar-refractivity contribution in [2.24, 2.45) is 5.92 Å². The molecule has 0 saturated heterocycles. The summed E-state index contributed by atoms with van der Waals surface area (Å²) >= 11 is 6.33. The average Bonchev–Trinajstić information content (AvgIpc) is 2.76. The predicted molar refractivity (Wildman–Crippen MR) is 82.1 cm³/mol. The summed E-state index contributed by atoms with van der Waals surface area (Å²) in [7, 11) is 0. The smallest absolute Gasteiger partial charge is 0.0834 e. The molecule has 0 spiro atoms. The summed E-state index contributed by atoms with van der Waals surface area (Å²) in [6, 6.07) is 0.294. The molecule has 5 heteroatoms. The minimum absolute atomic E-state index is 0.294. The maximum Gasteiger partial charge on any atom is 0.0834 e. The van der Waals surface area contributed by atoms with E-state index in [0.717, 1.165) is 42.8 Å². The first kappa shape index (κ1) is 15.8. The van der Waals surface area contributed by atoms with Gasteiger partial charge in [0.25, 0.3) is 0 Å². The Morgan fingerprint density at radius 2 is 2.20 bits per heavy atom. The van der Waals surface area contributed by atoms with Crippen molar-refractivity contribution in [2.45, 2.75) is 58.7 Å². The Bertz CT molecular complexity index is 415. The van der Waals surface area contributed by atoms with Gasteiger partial charge in [0.1, 0.15) is 0 Å². The summed E-state index contributed by atoms with van der Waals surface area (Å²) in [5.41, 5.74) is 1.14. The highest BCUT2D eigenvalue weighted by Gasteiger charge is 2.33. The fraction of sp³-hybridized carbons (Fsp3) is 0.800. The third-order valence-electron chi connectivity index (χ3n) is 4.08. The largest absolute Gasteiger partial charge is 0.378 e. The van der Waals surface area contributed by atoms with Gasteiger partial charge in [0.15, 0.2) is 0 Å². The molecule has 1 unspecified atom stereocenters. The topological polar surface area (TPSA) is 39.1 Å². The molecule has 1 N–H and O–H groups in total. The van der Waals surface area contributed by atoms with Crippen LogP contribution in [0.25, 0.3) is 0 Å². The molecule has 2 rings (SSSR count). The standard InChI is InChI=1S/C15H26ClN3O/c1-4-17-14(9-11-7-12(8-11)20-6-3)15-13(16)10-18-19(15)5-2/h10-12,14,17H,4-9H2,1-3H3. The van der Waals surface area contributed by atoms with Gasteiger partial charge >= 0.3 is 0 Å².